The number of piperidine rings is 1. The second-order valence-corrected chi connectivity index (χ2v) is 5.35. The Morgan fingerprint density at radius 3 is 2.38 bits per heavy atom. The minimum absolute atomic E-state index is 0. The van der Waals surface area contributed by atoms with E-state index >= 15 is 0 Å². The van der Waals surface area contributed by atoms with Crippen LogP contribution in [0.2, 0.25) is 0 Å². The predicted molar refractivity (Wildman–Crippen MR) is 75.7 cm³/mol. The van der Waals surface area contributed by atoms with Gasteiger partial charge in [-0.1, -0.05) is 18.6 Å². The average Bonchev–Trinajstić information content (AvgIpc) is 2.40. The molecule has 112 valence electrons. The van der Waals surface area contributed by atoms with Crippen molar-refractivity contribution in [1.29, 1.82) is 0 Å². The van der Waals surface area contributed by atoms with E-state index in [1.165, 1.54) is 25.3 Å². The van der Waals surface area contributed by atoms with Crippen molar-refractivity contribution in [3.8, 4) is 5.75 Å². The van der Waals surface area contributed by atoms with Crippen LogP contribution in [0.25, 0.3) is 0 Å². The van der Waals surface area contributed by atoms with Crippen LogP contribution in [0.5, 0.6) is 5.75 Å². The number of ether oxygens (including phenoxy) is 1. The molecule has 1 aliphatic heterocycles. The molecule has 0 N–H and O–H groups in total. The largest absolute Gasteiger partial charge is 1.00 e. The third kappa shape index (κ3) is 6.23. The molecule has 0 aromatic heterocycles. The van der Waals surface area contributed by atoms with Gasteiger partial charge < -0.3 is 17.7 Å². The summed E-state index contributed by atoms with van der Waals surface area (Å²) >= 11 is 0. The summed E-state index contributed by atoms with van der Waals surface area (Å²) in [6, 6.07) is 3.69. The third-order valence-electron chi connectivity index (χ3n) is 3.69. The molecule has 0 atom stereocenters. The van der Waals surface area contributed by atoms with Crippen molar-refractivity contribution in [3.63, 3.8) is 0 Å². The van der Waals surface area contributed by atoms with E-state index in [0.717, 1.165) is 31.8 Å². The topological polar surface area (TPSA) is 12.5 Å². The smallest absolute Gasteiger partial charge is 0.492 e. The molecule has 1 aromatic carbocycles. The molecule has 2 nitrogen and oxygen atoms in total. The maximum atomic E-state index is 12.6. The van der Waals surface area contributed by atoms with Crippen LogP contribution in [0.3, 0.4) is 0 Å². The van der Waals surface area contributed by atoms with E-state index in [2.05, 4.69) is 4.90 Å². The van der Waals surface area contributed by atoms with Crippen LogP contribution in [0, 0.1) is 6.92 Å². The Morgan fingerprint density at radius 2 is 1.81 bits per heavy atom. The summed E-state index contributed by atoms with van der Waals surface area (Å²) in [6.45, 7) is 0.276. The Morgan fingerprint density at radius 1 is 1.14 bits per heavy atom. The van der Waals surface area contributed by atoms with Crippen molar-refractivity contribution in [3.05, 3.63) is 23.8 Å². The van der Waals surface area contributed by atoms with E-state index in [1.807, 2.05) is 0 Å². The average molecular weight is 325 g/mol. The van der Waals surface area contributed by atoms with Gasteiger partial charge in [0.15, 0.2) is 0 Å². The summed E-state index contributed by atoms with van der Waals surface area (Å²) < 4.78 is 43.4. The number of likely N-dealkylation sites (tertiary alicyclic amines) is 1. The van der Waals surface area contributed by atoms with Crippen LogP contribution in [0.15, 0.2) is 18.2 Å². The van der Waals surface area contributed by atoms with Crippen molar-refractivity contribution in [2.24, 2.45) is 0 Å². The van der Waals surface area contributed by atoms with Crippen LogP contribution in [-0.4, -0.2) is 38.1 Å². The first-order valence-corrected chi connectivity index (χ1v) is 7.12. The summed E-state index contributed by atoms with van der Waals surface area (Å²) in [5, 5.41) is 0. The van der Waals surface area contributed by atoms with Gasteiger partial charge in [-0.2, -0.15) is 0 Å². The molecule has 1 heterocycles. The quantitative estimate of drug-likeness (QED) is 0.702. The van der Waals surface area contributed by atoms with Crippen LogP contribution < -0.4 is 61.6 Å². The van der Waals surface area contributed by atoms with E-state index in [-0.39, 0.29) is 51.4 Å². The van der Waals surface area contributed by atoms with Crippen LogP contribution in [0.4, 0.5) is 12.9 Å². The van der Waals surface area contributed by atoms with E-state index in [9.17, 15) is 12.9 Å². The number of aryl methyl sites for hydroxylation is 1. The number of nitrogens with zero attached hydrogens (tertiary/aromatic N) is 1. The molecule has 0 saturated carbocycles. The first-order valence-electron chi connectivity index (χ1n) is 7.12. The molecule has 7 heteroatoms. The number of halogens is 3. The number of hydrogen-bond donors (Lipinski definition) is 0. The monoisotopic (exact) mass is 325 g/mol. The second kappa shape index (κ2) is 8.94. The van der Waals surface area contributed by atoms with Gasteiger partial charge >= 0.3 is 58.4 Å². The van der Waals surface area contributed by atoms with E-state index in [4.69, 9.17) is 4.74 Å². The first-order chi connectivity index (χ1) is 9.47. The minimum atomic E-state index is -4.93. The Hall–Kier alpha value is 0.471. The summed E-state index contributed by atoms with van der Waals surface area (Å²) in [7, 11) is 0. The second-order valence-electron chi connectivity index (χ2n) is 5.35. The van der Waals surface area contributed by atoms with Crippen molar-refractivity contribution in [1.82, 2.24) is 4.90 Å². The minimum Gasteiger partial charge on any atom is -0.492 e. The maximum absolute atomic E-state index is 12.6. The Bertz CT molecular complexity index is 450. The molecule has 1 aromatic rings. The molecule has 1 saturated heterocycles. The Labute approximate surface area is 166 Å². The molecule has 0 aliphatic carbocycles. The Balaban J connectivity index is 0.00000220. The fraction of sp³-hybridized carbons (Fsp3) is 0.571. The SMILES string of the molecule is Cc1cc([B-](F)(F)F)ccc1OCCN1CCCCC1.[K+]. The molecule has 0 unspecified atom stereocenters. The van der Waals surface area contributed by atoms with Gasteiger partial charge in [-0.3, -0.25) is 4.90 Å². The Kier molecular flexibility index (Phi) is 8.31. The van der Waals surface area contributed by atoms with Gasteiger partial charge in [-0.25, -0.2) is 0 Å². The van der Waals surface area contributed by atoms with Gasteiger partial charge in [0.2, 0.25) is 0 Å². The van der Waals surface area contributed by atoms with Gasteiger partial charge in [0, 0.05) is 6.54 Å². The van der Waals surface area contributed by atoms with Crippen molar-refractivity contribution < 1.29 is 69.1 Å². The van der Waals surface area contributed by atoms with Gasteiger partial charge in [-0.05, 0) is 44.5 Å². The zero-order valence-electron chi connectivity index (χ0n) is 12.7. The van der Waals surface area contributed by atoms with Crippen molar-refractivity contribution in [2.45, 2.75) is 26.2 Å². The normalized spacial score (nSPS) is 16.4. The van der Waals surface area contributed by atoms with Crippen molar-refractivity contribution in [2.75, 3.05) is 26.2 Å². The van der Waals surface area contributed by atoms with E-state index in [1.54, 1.807) is 6.92 Å². The number of benzene rings is 1. The summed E-state index contributed by atoms with van der Waals surface area (Å²) in [5.41, 5.74) is -0.0220. The van der Waals surface area contributed by atoms with E-state index in [0.29, 0.717) is 17.9 Å². The van der Waals surface area contributed by atoms with Crippen LogP contribution >= 0.6 is 0 Å². The van der Waals surface area contributed by atoms with Crippen LogP contribution in [-0.2, 0) is 0 Å². The molecule has 0 bridgehead atoms. The summed E-state index contributed by atoms with van der Waals surface area (Å²) in [6.07, 6.45) is 3.74. The molecule has 0 amide bonds. The molecule has 2 rings (SSSR count). The fourth-order valence-corrected chi connectivity index (χ4v) is 2.51. The van der Waals surface area contributed by atoms with E-state index < -0.39 is 12.4 Å². The molecule has 21 heavy (non-hydrogen) atoms. The number of hydrogen-bond acceptors (Lipinski definition) is 2. The van der Waals surface area contributed by atoms with Gasteiger partial charge in [0.05, 0.1) is 0 Å². The fourth-order valence-electron chi connectivity index (χ4n) is 2.51. The van der Waals surface area contributed by atoms with Crippen molar-refractivity contribution >= 4 is 12.4 Å². The zero-order valence-corrected chi connectivity index (χ0v) is 15.9. The third-order valence-corrected chi connectivity index (χ3v) is 3.69. The maximum Gasteiger partial charge on any atom is 1.00 e. The molecule has 0 radical (unpaired) electrons. The molecule has 1 aliphatic rings. The van der Waals surface area contributed by atoms with Gasteiger partial charge in [0.25, 0.3) is 0 Å². The molecule has 0 spiro atoms. The molecular weight excluding hydrogens is 305 g/mol. The van der Waals surface area contributed by atoms with Crippen LogP contribution in [0.1, 0.15) is 24.8 Å². The number of rotatable bonds is 5. The standard InChI is InChI=1S/C14H20BF3NO.K/c1-12-11-13(15(16,17)18)5-6-14(12)20-10-9-19-7-3-2-4-8-19;/h5-6,11H,2-4,7-10H2,1H3;/q-1;+1. The molecule has 1 fully saturated rings. The first kappa shape index (κ1) is 19.5. The summed E-state index contributed by atoms with van der Waals surface area (Å²) in [5.74, 6) is 0.547. The van der Waals surface area contributed by atoms with Gasteiger partial charge in [-0.15, -0.1) is 5.46 Å². The summed E-state index contributed by atoms with van der Waals surface area (Å²) in [4.78, 5) is 2.34. The van der Waals surface area contributed by atoms with Gasteiger partial charge in [0.1, 0.15) is 12.4 Å². The predicted octanol–water partition coefficient (Wildman–Crippen LogP) is -0.0819. The molecular formula is C14H20BF3KNO. The zero-order chi connectivity index (χ0) is 14.6.